The monoisotopic (exact) mass is 366 g/mol. The van der Waals surface area contributed by atoms with Crippen LogP contribution >= 0.6 is 0 Å². The Kier molecular flexibility index (Phi) is 5.30. The molecule has 3 aromatic rings. The highest BCUT2D eigenvalue weighted by Crippen LogP contribution is 2.13. The van der Waals surface area contributed by atoms with Gasteiger partial charge in [0.25, 0.3) is 5.56 Å². The normalized spacial score (nSPS) is 10.6. The number of nitrogens with zero attached hydrogens (tertiary/aromatic N) is 2. The SMILES string of the molecule is CC(=O)c1cccc(OCC(=O)OCc2cc(=O)n3cc(C)ccc3n2)c1. The van der Waals surface area contributed by atoms with Crippen molar-refractivity contribution in [1.29, 1.82) is 0 Å². The van der Waals surface area contributed by atoms with Gasteiger partial charge in [-0.05, 0) is 37.6 Å². The van der Waals surface area contributed by atoms with Gasteiger partial charge in [-0.1, -0.05) is 18.2 Å². The molecular weight excluding hydrogens is 348 g/mol. The van der Waals surface area contributed by atoms with Gasteiger partial charge >= 0.3 is 5.97 Å². The predicted molar refractivity (Wildman–Crippen MR) is 97.9 cm³/mol. The molecule has 0 fully saturated rings. The van der Waals surface area contributed by atoms with Crippen LogP contribution in [-0.4, -0.2) is 27.7 Å². The number of carbonyl (C=O) groups excluding carboxylic acids is 2. The Morgan fingerprint density at radius 3 is 2.74 bits per heavy atom. The Hall–Kier alpha value is -3.48. The molecule has 0 bridgehead atoms. The highest BCUT2D eigenvalue weighted by Gasteiger charge is 2.09. The third-order valence-electron chi connectivity index (χ3n) is 3.84. The molecule has 138 valence electrons. The van der Waals surface area contributed by atoms with E-state index in [0.29, 0.717) is 22.7 Å². The van der Waals surface area contributed by atoms with Gasteiger partial charge in [-0.3, -0.25) is 14.0 Å². The number of hydrogen-bond acceptors (Lipinski definition) is 6. The summed E-state index contributed by atoms with van der Waals surface area (Å²) in [7, 11) is 0. The minimum Gasteiger partial charge on any atom is -0.482 e. The minimum absolute atomic E-state index is 0.0908. The first-order valence-electron chi connectivity index (χ1n) is 8.31. The molecule has 2 aromatic heterocycles. The zero-order valence-corrected chi connectivity index (χ0v) is 15.0. The summed E-state index contributed by atoms with van der Waals surface area (Å²) in [5.41, 5.74) is 2.03. The maximum Gasteiger partial charge on any atom is 0.344 e. The molecule has 1 aromatic carbocycles. The zero-order chi connectivity index (χ0) is 19.4. The van der Waals surface area contributed by atoms with E-state index in [1.54, 1.807) is 36.5 Å². The second-order valence-corrected chi connectivity index (χ2v) is 6.05. The molecule has 0 aliphatic carbocycles. The summed E-state index contributed by atoms with van der Waals surface area (Å²) in [6.45, 7) is 2.89. The van der Waals surface area contributed by atoms with Gasteiger partial charge in [-0.25, -0.2) is 9.78 Å². The number of pyridine rings is 1. The zero-order valence-electron chi connectivity index (χ0n) is 15.0. The molecule has 0 amide bonds. The van der Waals surface area contributed by atoms with Crippen molar-refractivity contribution in [2.24, 2.45) is 0 Å². The maximum absolute atomic E-state index is 12.1. The number of esters is 1. The Morgan fingerprint density at radius 1 is 1.15 bits per heavy atom. The van der Waals surface area contributed by atoms with E-state index in [-0.39, 0.29) is 24.6 Å². The quantitative estimate of drug-likeness (QED) is 0.492. The van der Waals surface area contributed by atoms with Crippen LogP contribution < -0.4 is 10.3 Å². The van der Waals surface area contributed by atoms with Gasteiger partial charge in [0.1, 0.15) is 18.0 Å². The van der Waals surface area contributed by atoms with Crippen molar-refractivity contribution >= 4 is 17.4 Å². The number of benzene rings is 1. The Morgan fingerprint density at radius 2 is 1.96 bits per heavy atom. The van der Waals surface area contributed by atoms with Crippen LogP contribution in [0.2, 0.25) is 0 Å². The van der Waals surface area contributed by atoms with Gasteiger partial charge in [0.05, 0.1) is 5.69 Å². The fourth-order valence-corrected chi connectivity index (χ4v) is 2.48. The number of ether oxygens (including phenoxy) is 2. The number of carbonyl (C=O) groups is 2. The fourth-order valence-electron chi connectivity index (χ4n) is 2.48. The highest BCUT2D eigenvalue weighted by molar-refractivity contribution is 5.94. The lowest BCUT2D eigenvalue weighted by Crippen LogP contribution is -2.18. The molecule has 0 saturated heterocycles. The number of aromatic nitrogens is 2. The first kappa shape index (κ1) is 18.3. The van der Waals surface area contributed by atoms with E-state index in [0.717, 1.165) is 5.56 Å². The Bertz CT molecular complexity index is 1070. The second-order valence-electron chi connectivity index (χ2n) is 6.05. The second kappa shape index (κ2) is 7.82. The van der Waals surface area contributed by atoms with Crippen LogP contribution in [-0.2, 0) is 16.1 Å². The summed E-state index contributed by atoms with van der Waals surface area (Å²) in [6.07, 6.45) is 1.70. The standard InChI is InChI=1S/C20H18N2O5/c1-13-6-7-18-21-16(9-19(24)22(18)10-13)11-27-20(25)12-26-17-5-3-4-15(8-17)14(2)23/h3-10H,11-12H2,1-2H3. The molecule has 0 radical (unpaired) electrons. The largest absolute Gasteiger partial charge is 0.482 e. The minimum atomic E-state index is -0.603. The summed E-state index contributed by atoms with van der Waals surface area (Å²) in [5, 5.41) is 0. The van der Waals surface area contributed by atoms with Crippen LogP contribution in [0.1, 0.15) is 28.5 Å². The molecule has 3 rings (SSSR count). The summed E-state index contributed by atoms with van der Waals surface area (Å²) < 4.78 is 11.9. The Labute approximate surface area is 155 Å². The molecule has 2 heterocycles. The molecule has 0 aliphatic rings. The van der Waals surface area contributed by atoms with Crippen LogP contribution in [0.4, 0.5) is 0 Å². The van der Waals surface area contributed by atoms with Crippen LogP contribution in [0, 0.1) is 6.92 Å². The van der Waals surface area contributed by atoms with Crippen LogP contribution in [0.3, 0.4) is 0 Å². The van der Waals surface area contributed by atoms with Gasteiger partial charge in [-0.2, -0.15) is 0 Å². The number of rotatable bonds is 6. The van der Waals surface area contributed by atoms with Crippen LogP contribution in [0.5, 0.6) is 5.75 Å². The van der Waals surface area contributed by atoms with Crippen LogP contribution in [0.25, 0.3) is 5.65 Å². The van der Waals surface area contributed by atoms with E-state index in [2.05, 4.69) is 4.98 Å². The van der Waals surface area contributed by atoms with Crippen LogP contribution in [0.15, 0.2) is 53.5 Å². The van der Waals surface area contributed by atoms with E-state index < -0.39 is 5.97 Å². The summed E-state index contributed by atoms with van der Waals surface area (Å²) in [5.74, 6) is -0.293. The molecule has 27 heavy (non-hydrogen) atoms. The lowest BCUT2D eigenvalue weighted by molar-refractivity contribution is -0.147. The van der Waals surface area contributed by atoms with E-state index in [1.807, 2.05) is 13.0 Å². The number of Topliss-reactive ketones (excluding diaryl/α,β-unsaturated/α-hetero) is 1. The topological polar surface area (TPSA) is 87.0 Å². The number of aryl methyl sites for hydroxylation is 1. The Balaban J connectivity index is 1.60. The van der Waals surface area contributed by atoms with Crippen molar-refractivity contribution in [3.8, 4) is 5.75 Å². The third kappa shape index (κ3) is 4.58. The van der Waals surface area contributed by atoms with Crippen molar-refractivity contribution in [3.63, 3.8) is 0 Å². The molecule has 0 unspecified atom stereocenters. The first-order valence-corrected chi connectivity index (χ1v) is 8.31. The fraction of sp³-hybridized carbons (Fsp3) is 0.200. The molecule has 0 saturated carbocycles. The van der Waals surface area contributed by atoms with E-state index in [4.69, 9.17) is 9.47 Å². The maximum atomic E-state index is 12.1. The average Bonchev–Trinajstić information content (AvgIpc) is 2.65. The van der Waals surface area contributed by atoms with Crippen molar-refractivity contribution in [1.82, 2.24) is 9.38 Å². The highest BCUT2D eigenvalue weighted by atomic mass is 16.6. The van der Waals surface area contributed by atoms with Gasteiger partial charge in [0, 0.05) is 17.8 Å². The molecular formula is C20H18N2O5. The number of ketones is 1. The van der Waals surface area contributed by atoms with Crippen molar-refractivity contribution in [2.75, 3.05) is 6.61 Å². The van der Waals surface area contributed by atoms with E-state index in [9.17, 15) is 14.4 Å². The molecule has 0 aliphatic heterocycles. The van der Waals surface area contributed by atoms with E-state index in [1.165, 1.54) is 17.4 Å². The van der Waals surface area contributed by atoms with Gasteiger partial charge in [-0.15, -0.1) is 0 Å². The van der Waals surface area contributed by atoms with Crippen molar-refractivity contribution in [3.05, 3.63) is 75.8 Å². The lowest BCUT2D eigenvalue weighted by Gasteiger charge is -2.08. The van der Waals surface area contributed by atoms with Gasteiger partial charge < -0.3 is 9.47 Å². The third-order valence-corrected chi connectivity index (χ3v) is 3.84. The summed E-state index contributed by atoms with van der Waals surface area (Å²) >= 11 is 0. The predicted octanol–water partition coefficient (Wildman–Crippen LogP) is 2.33. The molecule has 0 spiro atoms. The molecule has 7 nitrogen and oxygen atoms in total. The number of hydrogen-bond donors (Lipinski definition) is 0. The van der Waals surface area contributed by atoms with E-state index >= 15 is 0 Å². The number of fused-ring (bicyclic) bond motifs is 1. The van der Waals surface area contributed by atoms with Gasteiger partial charge in [0.15, 0.2) is 12.4 Å². The van der Waals surface area contributed by atoms with Crippen molar-refractivity contribution < 1.29 is 19.1 Å². The van der Waals surface area contributed by atoms with Gasteiger partial charge in [0.2, 0.25) is 0 Å². The molecule has 7 heteroatoms. The molecule has 0 N–H and O–H groups in total. The lowest BCUT2D eigenvalue weighted by atomic mass is 10.1. The van der Waals surface area contributed by atoms with Crippen molar-refractivity contribution in [2.45, 2.75) is 20.5 Å². The molecule has 0 atom stereocenters. The summed E-state index contributed by atoms with van der Waals surface area (Å²) in [6, 6.07) is 11.5. The first-order chi connectivity index (χ1) is 12.9. The smallest absolute Gasteiger partial charge is 0.344 e. The average molecular weight is 366 g/mol. The summed E-state index contributed by atoms with van der Waals surface area (Å²) in [4.78, 5) is 39.7.